The van der Waals surface area contributed by atoms with E-state index < -0.39 is 0 Å². The van der Waals surface area contributed by atoms with Crippen molar-refractivity contribution in [3.63, 3.8) is 0 Å². The van der Waals surface area contributed by atoms with Crippen LogP contribution in [0.4, 0.5) is 5.69 Å². The predicted molar refractivity (Wildman–Crippen MR) is 76.1 cm³/mol. The summed E-state index contributed by atoms with van der Waals surface area (Å²) in [6.45, 7) is 0. The zero-order chi connectivity index (χ0) is 13.5. The molecule has 0 aliphatic heterocycles. The van der Waals surface area contributed by atoms with Crippen molar-refractivity contribution in [3.8, 4) is 11.5 Å². The van der Waals surface area contributed by atoms with Crippen LogP contribution >= 0.6 is 0 Å². The van der Waals surface area contributed by atoms with Gasteiger partial charge in [0, 0.05) is 11.3 Å². The summed E-state index contributed by atoms with van der Waals surface area (Å²) in [5, 5.41) is 4.12. The zero-order valence-corrected chi connectivity index (χ0v) is 10.8. The highest BCUT2D eigenvalue weighted by Crippen LogP contribution is 2.39. The van der Waals surface area contributed by atoms with E-state index in [0.717, 1.165) is 23.5 Å². The molecular weight excluding hydrogens is 250 g/mol. The van der Waals surface area contributed by atoms with Crippen molar-refractivity contribution in [2.45, 2.75) is 12.3 Å². The van der Waals surface area contributed by atoms with Gasteiger partial charge in [-0.1, -0.05) is 29.4 Å². The molecule has 1 atom stereocenters. The van der Waals surface area contributed by atoms with Crippen LogP contribution in [0, 0.1) is 0 Å². The van der Waals surface area contributed by atoms with E-state index in [0.29, 0.717) is 5.89 Å². The minimum atomic E-state index is 0.262. The van der Waals surface area contributed by atoms with E-state index in [-0.39, 0.29) is 5.92 Å². The summed E-state index contributed by atoms with van der Waals surface area (Å²) in [5.41, 5.74) is 9.97. The van der Waals surface area contributed by atoms with Crippen molar-refractivity contribution >= 4 is 5.69 Å². The Labute approximate surface area is 116 Å². The Balaban J connectivity index is 1.65. The molecular formula is C16H13N3O. The molecule has 4 rings (SSSR count). The average molecular weight is 263 g/mol. The van der Waals surface area contributed by atoms with Gasteiger partial charge in [0.1, 0.15) is 0 Å². The average Bonchev–Trinajstić information content (AvgIpc) is 2.90. The van der Waals surface area contributed by atoms with E-state index in [4.69, 9.17) is 10.3 Å². The maximum absolute atomic E-state index is 5.68. The van der Waals surface area contributed by atoms with Crippen LogP contribution in [0.25, 0.3) is 11.5 Å². The summed E-state index contributed by atoms with van der Waals surface area (Å²) in [5.74, 6) is 1.57. The van der Waals surface area contributed by atoms with Gasteiger partial charge in [-0.2, -0.15) is 4.98 Å². The van der Waals surface area contributed by atoms with Gasteiger partial charge < -0.3 is 10.3 Å². The van der Waals surface area contributed by atoms with Gasteiger partial charge in [0.05, 0.1) is 5.92 Å². The fourth-order valence-electron chi connectivity index (χ4n) is 2.61. The van der Waals surface area contributed by atoms with Crippen molar-refractivity contribution in [1.82, 2.24) is 10.1 Å². The first kappa shape index (κ1) is 11.2. The van der Waals surface area contributed by atoms with Crippen molar-refractivity contribution in [1.29, 1.82) is 0 Å². The van der Waals surface area contributed by atoms with E-state index in [1.54, 1.807) is 0 Å². The molecule has 1 aliphatic carbocycles. The zero-order valence-electron chi connectivity index (χ0n) is 10.8. The Morgan fingerprint density at radius 2 is 1.85 bits per heavy atom. The third-order valence-corrected chi connectivity index (χ3v) is 3.77. The summed E-state index contributed by atoms with van der Waals surface area (Å²) in [4.78, 5) is 4.51. The Bertz CT molecular complexity index is 761. The fraction of sp³-hybridized carbons (Fsp3) is 0.125. The SMILES string of the molecule is Nc1ccc(-c2nc(C3Cc4ccccc43)no2)cc1. The molecule has 0 amide bonds. The second-order valence-corrected chi connectivity index (χ2v) is 5.04. The number of rotatable bonds is 2. The van der Waals surface area contributed by atoms with Gasteiger partial charge in [0.25, 0.3) is 5.89 Å². The van der Waals surface area contributed by atoms with E-state index >= 15 is 0 Å². The smallest absolute Gasteiger partial charge is 0.257 e. The number of hydrogen-bond acceptors (Lipinski definition) is 4. The van der Waals surface area contributed by atoms with Crippen LogP contribution in [-0.2, 0) is 6.42 Å². The maximum atomic E-state index is 5.68. The number of fused-ring (bicyclic) bond motifs is 1. The second-order valence-electron chi connectivity index (χ2n) is 5.04. The molecule has 2 aromatic carbocycles. The molecule has 3 aromatic rings. The first-order valence-corrected chi connectivity index (χ1v) is 6.58. The van der Waals surface area contributed by atoms with Crippen molar-refractivity contribution in [2.24, 2.45) is 0 Å². The molecule has 1 aliphatic rings. The van der Waals surface area contributed by atoms with Gasteiger partial charge in [-0.3, -0.25) is 0 Å². The van der Waals surface area contributed by atoms with Gasteiger partial charge in [0.2, 0.25) is 0 Å². The van der Waals surface area contributed by atoms with E-state index in [2.05, 4.69) is 28.3 Å². The van der Waals surface area contributed by atoms with E-state index in [9.17, 15) is 0 Å². The molecule has 0 bridgehead atoms. The number of anilines is 1. The molecule has 0 radical (unpaired) electrons. The third kappa shape index (κ3) is 1.69. The number of benzene rings is 2. The summed E-state index contributed by atoms with van der Waals surface area (Å²) < 4.78 is 5.36. The Kier molecular flexibility index (Phi) is 2.36. The quantitative estimate of drug-likeness (QED) is 0.722. The van der Waals surface area contributed by atoms with Crippen LogP contribution in [0.1, 0.15) is 22.9 Å². The molecule has 98 valence electrons. The van der Waals surface area contributed by atoms with Gasteiger partial charge in [-0.15, -0.1) is 0 Å². The monoisotopic (exact) mass is 263 g/mol. The predicted octanol–water partition coefficient (Wildman–Crippen LogP) is 3.01. The lowest BCUT2D eigenvalue weighted by atomic mass is 9.77. The summed E-state index contributed by atoms with van der Waals surface area (Å²) in [6.07, 6.45) is 0.983. The summed E-state index contributed by atoms with van der Waals surface area (Å²) in [7, 11) is 0. The molecule has 0 spiro atoms. The Hall–Kier alpha value is -2.62. The standard InChI is InChI=1S/C16H13N3O/c17-12-7-5-10(6-8-12)16-18-15(19-20-16)14-9-11-3-1-2-4-13(11)14/h1-8,14H,9,17H2. The Morgan fingerprint density at radius 1 is 1.05 bits per heavy atom. The first-order valence-electron chi connectivity index (χ1n) is 6.58. The van der Waals surface area contributed by atoms with Gasteiger partial charge in [-0.25, -0.2) is 0 Å². The van der Waals surface area contributed by atoms with Crippen LogP contribution in [-0.4, -0.2) is 10.1 Å². The second kappa shape index (κ2) is 4.20. The van der Waals surface area contributed by atoms with Crippen molar-refractivity contribution in [3.05, 3.63) is 65.5 Å². The highest BCUT2D eigenvalue weighted by molar-refractivity contribution is 5.57. The highest BCUT2D eigenvalue weighted by atomic mass is 16.5. The van der Waals surface area contributed by atoms with E-state index in [1.807, 2.05) is 30.3 Å². The van der Waals surface area contributed by atoms with Crippen LogP contribution in [0.3, 0.4) is 0 Å². The highest BCUT2D eigenvalue weighted by Gasteiger charge is 2.31. The van der Waals surface area contributed by atoms with Gasteiger partial charge in [-0.05, 0) is 41.8 Å². The topological polar surface area (TPSA) is 64.9 Å². The molecule has 1 heterocycles. The molecule has 4 nitrogen and oxygen atoms in total. The molecule has 2 N–H and O–H groups in total. The molecule has 4 heteroatoms. The number of nitrogens with zero attached hydrogens (tertiary/aromatic N) is 2. The summed E-state index contributed by atoms with van der Waals surface area (Å²) in [6, 6.07) is 15.8. The normalized spacial score (nSPS) is 16.5. The van der Waals surface area contributed by atoms with Crippen LogP contribution in [0.15, 0.2) is 53.1 Å². The fourth-order valence-corrected chi connectivity index (χ4v) is 2.61. The van der Waals surface area contributed by atoms with Crippen LogP contribution in [0.5, 0.6) is 0 Å². The van der Waals surface area contributed by atoms with E-state index in [1.165, 1.54) is 11.1 Å². The van der Waals surface area contributed by atoms with Gasteiger partial charge in [0.15, 0.2) is 5.82 Å². The lowest BCUT2D eigenvalue weighted by Gasteiger charge is -2.27. The molecule has 1 unspecified atom stereocenters. The molecule has 20 heavy (non-hydrogen) atoms. The molecule has 0 saturated carbocycles. The lowest BCUT2D eigenvalue weighted by molar-refractivity contribution is 0.416. The van der Waals surface area contributed by atoms with Crippen molar-refractivity contribution in [2.75, 3.05) is 5.73 Å². The number of nitrogen functional groups attached to an aromatic ring is 1. The Morgan fingerprint density at radius 3 is 2.65 bits per heavy atom. The number of hydrogen-bond donors (Lipinski definition) is 1. The summed E-state index contributed by atoms with van der Waals surface area (Å²) >= 11 is 0. The van der Waals surface area contributed by atoms with Crippen LogP contribution < -0.4 is 5.73 Å². The first-order chi connectivity index (χ1) is 9.81. The number of aromatic nitrogens is 2. The van der Waals surface area contributed by atoms with Crippen molar-refractivity contribution < 1.29 is 4.52 Å². The lowest BCUT2D eigenvalue weighted by Crippen LogP contribution is -2.19. The minimum Gasteiger partial charge on any atom is -0.399 e. The van der Waals surface area contributed by atoms with Crippen LogP contribution in [0.2, 0.25) is 0 Å². The van der Waals surface area contributed by atoms with Gasteiger partial charge >= 0.3 is 0 Å². The molecule has 0 saturated heterocycles. The third-order valence-electron chi connectivity index (χ3n) is 3.77. The number of nitrogens with two attached hydrogens (primary N) is 1. The maximum Gasteiger partial charge on any atom is 0.257 e. The molecule has 0 fully saturated rings. The minimum absolute atomic E-state index is 0.262. The molecule has 1 aromatic heterocycles. The largest absolute Gasteiger partial charge is 0.399 e.